The molecule has 0 aliphatic carbocycles. The number of aryl methyl sites for hydroxylation is 1. The summed E-state index contributed by atoms with van der Waals surface area (Å²) in [6.07, 6.45) is 2.36. The third-order valence-corrected chi connectivity index (χ3v) is 5.24. The zero-order valence-corrected chi connectivity index (χ0v) is 17.2. The highest BCUT2D eigenvalue weighted by Crippen LogP contribution is 2.21. The number of benzene rings is 1. The van der Waals surface area contributed by atoms with Gasteiger partial charge < -0.3 is 10.2 Å². The molecule has 0 aromatic heterocycles. The number of hydrogen-bond acceptors (Lipinski definition) is 4. The van der Waals surface area contributed by atoms with Gasteiger partial charge in [-0.1, -0.05) is 19.9 Å². The fourth-order valence-corrected chi connectivity index (χ4v) is 4.37. The van der Waals surface area contributed by atoms with E-state index in [0.29, 0.717) is 23.1 Å². The number of anilines is 1. The largest absolute Gasteiger partial charge is 0.348 e. The molecule has 1 aromatic rings. The van der Waals surface area contributed by atoms with Gasteiger partial charge in [0, 0.05) is 31.2 Å². The summed E-state index contributed by atoms with van der Waals surface area (Å²) in [5.74, 6) is 1.18. The monoisotopic (exact) mass is 381 g/mol. The Morgan fingerprint density at radius 2 is 1.88 bits per heavy atom. The molecule has 146 valence electrons. The van der Waals surface area contributed by atoms with Crippen LogP contribution in [-0.4, -0.2) is 51.2 Å². The van der Waals surface area contributed by atoms with E-state index in [2.05, 4.69) is 28.8 Å². The van der Waals surface area contributed by atoms with Crippen molar-refractivity contribution in [2.45, 2.75) is 40.2 Å². The smallest absolute Gasteiger partial charge is 0.251 e. The summed E-state index contributed by atoms with van der Waals surface area (Å²) in [5.41, 5.74) is 1.66. The Morgan fingerprint density at radius 1 is 1.27 bits per heavy atom. The van der Waals surface area contributed by atoms with Crippen molar-refractivity contribution in [1.82, 2.24) is 10.2 Å². The van der Waals surface area contributed by atoms with Crippen LogP contribution in [-0.2, 0) is 10.0 Å². The molecule has 3 atom stereocenters. The van der Waals surface area contributed by atoms with Gasteiger partial charge in [0.05, 0.1) is 11.9 Å². The fourth-order valence-electron chi connectivity index (χ4n) is 3.75. The number of likely N-dealkylation sites (tertiary alicyclic amines) is 1. The average Bonchev–Trinajstić information content (AvgIpc) is 2.46. The molecule has 2 rings (SSSR count). The summed E-state index contributed by atoms with van der Waals surface area (Å²) in [4.78, 5) is 15.0. The Bertz CT molecular complexity index is 738. The van der Waals surface area contributed by atoms with E-state index in [0.717, 1.165) is 31.5 Å². The Hall–Kier alpha value is -1.60. The van der Waals surface area contributed by atoms with E-state index in [1.807, 2.05) is 6.92 Å². The minimum atomic E-state index is -3.38. The van der Waals surface area contributed by atoms with E-state index < -0.39 is 10.0 Å². The van der Waals surface area contributed by atoms with Gasteiger partial charge in [-0.25, -0.2) is 8.42 Å². The average molecular weight is 382 g/mol. The number of carbonyl (C=O) groups is 1. The van der Waals surface area contributed by atoms with Crippen molar-refractivity contribution in [3.05, 3.63) is 29.3 Å². The standard InChI is InChI=1S/C19H31N3O3S/c1-13-8-14(2)11-22(10-13)12-16(4)20-19(23)17-7-6-15(3)18(9-17)21-26(5,24)25/h6-7,9,13-14,16,21H,8,10-12H2,1-5H3,(H,20,23)/t13-,14-,16+/m0/s1. The van der Waals surface area contributed by atoms with Gasteiger partial charge in [-0.3, -0.25) is 9.52 Å². The molecule has 0 saturated carbocycles. The SMILES string of the molecule is Cc1ccc(C(=O)N[C@H](C)CN2C[C@@H](C)C[C@H](C)C2)cc1NS(C)(=O)=O. The summed E-state index contributed by atoms with van der Waals surface area (Å²) in [7, 11) is -3.38. The second-order valence-electron chi connectivity index (χ2n) is 7.94. The Morgan fingerprint density at radius 3 is 2.46 bits per heavy atom. The molecular formula is C19H31N3O3S. The highest BCUT2D eigenvalue weighted by molar-refractivity contribution is 7.92. The number of amides is 1. The highest BCUT2D eigenvalue weighted by atomic mass is 32.2. The molecule has 6 nitrogen and oxygen atoms in total. The Kier molecular flexibility index (Phi) is 6.69. The number of nitrogens with zero attached hydrogens (tertiary/aromatic N) is 1. The molecule has 1 amide bonds. The topological polar surface area (TPSA) is 78.5 Å². The fraction of sp³-hybridized carbons (Fsp3) is 0.632. The molecule has 26 heavy (non-hydrogen) atoms. The predicted molar refractivity (Wildman–Crippen MR) is 106 cm³/mol. The van der Waals surface area contributed by atoms with Crippen LogP contribution in [0, 0.1) is 18.8 Å². The summed E-state index contributed by atoms with van der Waals surface area (Å²) in [5, 5.41) is 3.02. The molecular weight excluding hydrogens is 350 g/mol. The van der Waals surface area contributed by atoms with Gasteiger partial charge in [0.15, 0.2) is 0 Å². The predicted octanol–water partition coefficient (Wildman–Crippen LogP) is 2.46. The third kappa shape index (κ3) is 6.29. The van der Waals surface area contributed by atoms with Crippen molar-refractivity contribution in [3.8, 4) is 0 Å². The number of nitrogens with one attached hydrogen (secondary N) is 2. The van der Waals surface area contributed by atoms with Crippen molar-refractivity contribution in [2.24, 2.45) is 11.8 Å². The van der Waals surface area contributed by atoms with Gasteiger partial charge in [-0.2, -0.15) is 0 Å². The zero-order valence-electron chi connectivity index (χ0n) is 16.4. The maximum Gasteiger partial charge on any atom is 0.251 e. The lowest BCUT2D eigenvalue weighted by Crippen LogP contribution is -2.47. The molecule has 7 heteroatoms. The van der Waals surface area contributed by atoms with Crippen molar-refractivity contribution in [2.75, 3.05) is 30.6 Å². The van der Waals surface area contributed by atoms with E-state index in [1.165, 1.54) is 6.42 Å². The van der Waals surface area contributed by atoms with Crippen molar-refractivity contribution in [3.63, 3.8) is 0 Å². The Balaban J connectivity index is 1.99. The van der Waals surface area contributed by atoms with Crippen LogP contribution in [0.1, 0.15) is 43.1 Å². The second kappa shape index (κ2) is 8.39. The summed E-state index contributed by atoms with van der Waals surface area (Å²) in [6, 6.07) is 5.08. The molecule has 1 aromatic carbocycles. The van der Waals surface area contributed by atoms with Gasteiger partial charge in [0.25, 0.3) is 5.91 Å². The van der Waals surface area contributed by atoms with E-state index in [4.69, 9.17) is 0 Å². The normalized spacial score (nSPS) is 22.7. The Labute approximate surface area is 157 Å². The summed E-state index contributed by atoms with van der Waals surface area (Å²) >= 11 is 0. The first-order valence-corrected chi connectivity index (χ1v) is 11.0. The van der Waals surface area contributed by atoms with Crippen molar-refractivity contribution < 1.29 is 13.2 Å². The number of piperidine rings is 1. The molecule has 0 spiro atoms. The molecule has 1 fully saturated rings. The third-order valence-electron chi connectivity index (χ3n) is 4.65. The van der Waals surface area contributed by atoms with Gasteiger partial charge in [-0.15, -0.1) is 0 Å². The molecule has 1 aliphatic heterocycles. The lowest BCUT2D eigenvalue weighted by molar-refractivity contribution is 0.0905. The number of carbonyl (C=O) groups excluding carboxylic acids is 1. The van der Waals surface area contributed by atoms with Crippen molar-refractivity contribution >= 4 is 21.6 Å². The van der Waals surface area contributed by atoms with Crippen LogP contribution in [0.25, 0.3) is 0 Å². The first-order valence-electron chi connectivity index (χ1n) is 9.15. The maximum atomic E-state index is 12.5. The van der Waals surface area contributed by atoms with Crippen LogP contribution in [0.3, 0.4) is 0 Å². The van der Waals surface area contributed by atoms with Gasteiger partial charge in [0.1, 0.15) is 0 Å². The van der Waals surface area contributed by atoms with E-state index in [-0.39, 0.29) is 11.9 Å². The second-order valence-corrected chi connectivity index (χ2v) is 9.69. The van der Waals surface area contributed by atoms with Crippen LogP contribution in [0.2, 0.25) is 0 Å². The number of rotatable bonds is 6. The molecule has 2 N–H and O–H groups in total. The van der Waals surface area contributed by atoms with Crippen LogP contribution in [0.15, 0.2) is 18.2 Å². The lowest BCUT2D eigenvalue weighted by atomic mass is 9.92. The molecule has 0 unspecified atom stereocenters. The van der Waals surface area contributed by atoms with Gasteiger partial charge in [0.2, 0.25) is 10.0 Å². The molecule has 0 radical (unpaired) electrons. The molecule has 1 heterocycles. The molecule has 0 bridgehead atoms. The lowest BCUT2D eigenvalue weighted by Gasteiger charge is -2.36. The van der Waals surface area contributed by atoms with Crippen LogP contribution in [0.5, 0.6) is 0 Å². The van der Waals surface area contributed by atoms with Gasteiger partial charge >= 0.3 is 0 Å². The quantitative estimate of drug-likeness (QED) is 0.793. The number of hydrogen-bond donors (Lipinski definition) is 2. The minimum Gasteiger partial charge on any atom is -0.348 e. The first kappa shape index (κ1) is 20.7. The van der Waals surface area contributed by atoms with Crippen LogP contribution in [0.4, 0.5) is 5.69 Å². The van der Waals surface area contributed by atoms with Crippen molar-refractivity contribution in [1.29, 1.82) is 0 Å². The highest BCUT2D eigenvalue weighted by Gasteiger charge is 2.23. The summed E-state index contributed by atoms with van der Waals surface area (Å²) in [6.45, 7) is 11.3. The molecule has 1 saturated heterocycles. The van der Waals surface area contributed by atoms with E-state index in [9.17, 15) is 13.2 Å². The molecule has 1 aliphatic rings. The summed E-state index contributed by atoms with van der Waals surface area (Å²) < 4.78 is 25.4. The van der Waals surface area contributed by atoms with E-state index in [1.54, 1.807) is 25.1 Å². The van der Waals surface area contributed by atoms with Crippen LogP contribution < -0.4 is 10.0 Å². The van der Waals surface area contributed by atoms with Crippen LogP contribution >= 0.6 is 0 Å². The number of sulfonamides is 1. The maximum absolute atomic E-state index is 12.5. The van der Waals surface area contributed by atoms with E-state index >= 15 is 0 Å². The van der Waals surface area contributed by atoms with Gasteiger partial charge in [-0.05, 0) is 49.8 Å². The zero-order chi connectivity index (χ0) is 19.5. The minimum absolute atomic E-state index is 0.0209. The first-order chi connectivity index (χ1) is 12.0.